The summed E-state index contributed by atoms with van der Waals surface area (Å²) in [4.78, 5) is 28.2. The van der Waals surface area contributed by atoms with Crippen LogP contribution in [0.5, 0.6) is 0 Å². The number of para-hydroxylation sites is 1. The van der Waals surface area contributed by atoms with Crippen molar-refractivity contribution in [2.75, 3.05) is 5.32 Å². The minimum Gasteiger partial charge on any atom is -0.365 e. The third-order valence-corrected chi connectivity index (χ3v) is 4.85. The van der Waals surface area contributed by atoms with E-state index < -0.39 is 5.91 Å². The maximum absolute atomic E-state index is 12.7. The fourth-order valence-corrected chi connectivity index (χ4v) is 3.18. The predicted molar refractivity (Wildman–Crippen MR) is 94.1 cm³/mol. The molecule has 0 saturated heterocycles. The highest BCUT2D eigenvalue weighted by molar-refractivity contribution is 7.17. The molecule has 8 heteroatoms. The monoisotopic (exact) mass is 353 g/mol. The highest BCUT2D eigenvalue weighted by Gasteiger charge is 2.29. The van der Waals surface area contributed by atoms with Crippen LogP contribution in [-0.2, 0) is 0 Å². The van der Waals surface area contributed by atoms with E-state index in [4.69, 9.17) is 5.73 Å². The largest absolute Gasteiger partial charge is 0.365 e. The maximum atomic E-state index is 12.7. The lowest BCUT2D eigenvalue weighted by atomic mass is 10.2. The molecule has 7 nitrogen and oxygen atoms in total. The van der Waals surface area contributed by atoms with Gasteiger partial charge < -0.3 is 5.73 Å². The summed E-state index contributed by atoms with van der Waals surface area (Å²) in [5.74, 6) is -0.463. The quantitative estimate of drug-likeness (QED) is 0.736. The van der Waals surface area contributed by atoms with Gasteiger partial charge in [-0.1, -0.05) is 29.5 Å². The first-order valence-electron chi connectivity index (χ1n) is 7.84. The molecular weight excluding hydrogens is 338 g/mol. The predicted octanol–water partition coefficient (Wildman–Crippen LogP) is 2.56. The Hall–Kier alpha value is -3.00. The topological polar surface area (TPSA) is 103 Å². The Morgan fingerprint density at radius 3 is 2.64 bits per heavy atom. The van der Waals surface area contributed by atoms with Crippen molar-refractivity contribution in [2.45, 2.75) is 18.8 Å². The van der Waals surface area contributed by atoms with Crippen LogP contribution >= 0.6 is 11.3 Å². The number of rotatable bonds is 5. The van der Waals surface area contributed by atoms with Crippen molar-refractivity contribution < 1.29 is 9.59 Å². The second-order valence-corrected chi connectivity index (χ2v) is 6.85. The SMILES string of the molecule is NC(=O)c1cnc(NC(=O)c2cc(C3CC3)nn2-c2ccccc2)s1. The van der Waals surface area contributed by atoms with Gasteiger partial charge in [-0.15, -0.1) is 0 Å². The number of hydrogen-bond acceptors (Lipinski definition) is 5. The number of nitrogens with two attached hydrogens (primary N) is 1. The molecule has 0 aliphatic heterocycles. The molecule has 0 atom stereocenters. The van der Waals surface area contributed by atoms with Gasteiger partial charge in [0.1, 0.15) is 10.6 Å². The van der Waals surface area contributed by atoms with E-state index >= 15 is 0 Å². The standard InChI is InChI=1S/C17H15N5O2S/c18-15(23)14-9-19-17(25-14)20-16(24)13-8-12(10-6-7-10)21-22(13)11-4-2-1-3-5-11/h1-5,8-10H,6-7H2,(H2,18,23)(H,19,20,24). The number of benzene rings is 1. The maximum Gasteiger partial charge on any atom is 0.276 e. The number of hydrogen-bond donors (Lipinski definition) is 2. The lowest BCUT2D eigenvalue weighted by Gasteiger charge is -2.06. The molecule has 1 saturated carbocycles. The number of anilines is 1. The number of nitrogens with one attached hydrogen (secondary N) is 1. The molecule has 1 aromatic carbocycles. The molecule has 0 spiro atoms. The van der Waals surface area contributed by atoms with Gasteiger partial charge in [-0.3, -0.25) is 14.9 Å². The molecular formula is C17H15N5O2S. The number of carbonyl (C=O) groups excluding carboxylic acids is 2. The van der Waals surface area contributed by atoms with Crippen LogP contribution in [-0.4, -0.2) is 26.6 Å². The van der Waals surface area contributed by atoms with Crippen LogP contribution in [0.25, 0.3) is 5.69 Å². The van der Waals surface area contributed by atoms with E-state index in [1.807, 2.05) is 36.4 Å². The molecule has 2 heterocycles. The average molecular weight is 353 g/mol. The van der Waals surface area contributed by atoms with E-state index in [2.05, 4.69) is 15.4 Å². The normalized spacial score (nSPS) is 13.6. The molecule has 1 aliphatic carbocycles. The zero-order chi connectivity index (χ0) is 17.4. The number of aromatic nitrogens is 3. The lowest BCUT2D eigenvalue weighted by Crippen LogP contribution is -2.16. The molecule has 126 valence electrons. The van der Waals surface area contributed by atoms with E-state index in [1.165, 1.54) is 6.20 Å². The number of nitrogens with zero attached hydrogens (tertiary/aromatic N) is 3. The Morgan fingerprint density at radius 2 is 2.00 bits per heavy atom. The van der Waals surface area contributed by atoms with E-state index in [9.17, 15) is 9.59 Å². The molecule has 0 radical (unpaired) electrons. The van der Waals surface area contributed by atoms with Gasteiger partial charge in [-0.2, -0.15) is 5.10 Å². The summed E-state index contributed by atoms with van der Waals surface area (Å²) >= 11 is 1.04. The molecule has 0 unspecified atom stereocenters. The van der Waals surface area contributed by atoms with Crippen LogP contribution in [0.15, 0.2) is 42.6 Å². The van der Waals surface area contributed by atoms with Crippen molar-refractivity contribution in [2.24, 2.45) is 5.73 Å². The van der Waals surface area contributed by atoms with E-state index in [0.29, 0.717) is 21.6 Å². The van der Waals surface area contributed by atoms with Crippen molar-refractivity contribution >= 4 is 28.3 Å². The number of amides is 2. The second kappa shape index (κ2) is 6.14. The number of carbonyl (C=O) groups is 2. The lowest BCUT2D eigenvalue weighted by molar-refractivity contribution is 0.0999. The van der Waals surface area contributed by atoms with Gasteiger partial charge in [0.2, 0.25) is 0 Å². The second-order valence-electron chi connectivity index (χ2n) is 5.82. The van der Waals surface area contributed by atoms with Crippen molar-refractivity contribution in [3.8, 4) is 5.69 Å². The summed E-state index contributed by atoms with van der Waals surface area (Å²) in [5, 5.41) is 7.65. The van der Waals surface area contributed by atoms with Gasteiger partial charge in [-0.25, -0.2) is 9.67 Å². The van der Waals surface area contributed by atoms with Crippen LogP contribution in [0.1, 0.15) is 44.6 Å². The van der Waals surface area contributed by atoms with Gasteiger partial charge in [0.25, 0.3) is 11.8 Å². The van der Waals surface area contributed by atoms with Crippen molar-refractivity contribution in [1.29, 1.82) is 0 Å². The highest BCUT2D eigenvalue weighted by Crippen LogP contribution is 2.39. The van der Waals surface area contributed by atoms with E-state index in [1.54, 1.807) is 4.68 Å². The Labute approximate surface area is 147 Å². The molecule has 0 bridgehead atoms. The molecule has 1 aliphatic rings. The van der Waals surface area contributed by atoms with Gasteiger partial charge >= 0.3 is 0 Å². The first-order valence-corrected chi connectivity index (χ1v) is 8.66. The van der Waals surface area contributed by atoms with Crippen LogP contribution in [0.3, 0.4) is 0 Å². The Balaban J connectivity index is 1.65. The molecule has 1 fully saturated rings. The number of primary amides is 1. The van der Waals surface area contributed by atoms with Gasteiger partial charge in [0, 0.05) is 5.92 Å². The van der Waals surface area contributed by atoms with E-state index in [0.717, 1.165) is 35.6 Å². The minimum atomic E-state index is -0.566. The smallest absolute Gasteiger partial charge is 0.276 e. The molecule has 25 heavy (non-hydrogen) atoms. The van der Waals surface area contributed by atoms with Crippen LogP contribution in [0, 0.1) is 0 Å². The van der Waals surface area contributed by atoms with Crippen LogP contribution < -0.4 is 11.1 Å². The average Bonchev–Trinajstić information content (AvgIpc) is 3.19. The molecule has 2 amide bonds. The summed E-state index contributed by atoms with van der Waals surface area (Å²) in [6.45, 7) is 0. The first kappa shape index (κ1) is 15.5. The Bertz CT molecular complexity index is 943. The summed E-state index contributed by atoms with van der Waals surface area (Å²) in [7, 11) is 0. The molecule has 2 aromatic heterocycles. The minimum absolute atomic E-state index is 0.297. The van der Waals surface area contributed by atoms with Crippen molar-refractivity contribution in [3.63, 3.8) is 0 Å². The Morgan fingerprint density at radius 1 is 1.24 bits per heavy atom. The number of thiazole rings is 1. The summed E-state index contributed by atoms with van der Waals surface area (Å²) < 4.78 is 1.64. The van der Waals surface area contributed by atoms with Gasteiger partial charge in [0.05, 0.1) is 17.6 Å². The van der Waals surface area contributed by atoms with Gasteiger partial charge in [-0.05, 0) is 31.0 Å². The Kier molecular flexibility index (Phi) is 3.81. The first-order chi connectivity index (χ1) is 12.1. The van der Waals surface area contributed by atoms with E-state index in [-0.39, 0.29) is 5.91 Å². The molecule has 3 aromatic rings. The van der Waals surface area contributed by atoms with Crippen molar-refractivity contribution in [3.05, 3.63) is 58.9 Å². The summed E-state index contributed by atoms with van der Waals surface area (Å²) in [5.41, 5.74) is 7.39. The van der Waals surface area contributed by atoms with Crippen LogP contribution in [0.4, 0.5) is 5.13 Å². The zero-order valence-corrected chi connectivity index (χ0v) is 14.0. The van der Waals surface area contributed by atoms with Gasteiger partial charge in [0.15, 0.2) is 5.13 Å². The third kappa shape index (κ3) is 3.16. The fraction of sp³-hybridized carbons (Fsp3) is 0.176. The third-order valence-electron chi connectivity index (χ3n) is 3.93. The van der Waals surface area contributed by atoms with Crippen molar-refractivity contribution in [1.82, 2.24) is 14.8 Å². The zero-order valence-electron chi connectivity index (χ0n) is 13.2. The van der Waals surface area contributed by atoms with Crippen LogP contribution in [0.2, 0.25) is 0 Å². The highest BCUT2D eigenvalue weighted by atomic mass is 32.1. The summed E-state index contributed by atoms with van der Waals surface area (Å²) in [6, 6.07) is 11.3. The summed E-state index contributed by atoms with van der Waals surface area (Å²) in [6.07, 6.45) is 3.55. The molecule has 4 rings (SSSR count). The molecule has 3 N–H and O–H groups in total. The fourth-order valence-electron chi connectivity index (χ4n) is 2.51.